The van der Waals surface area contributed by atoms with E-state index in [0.29, 0.717) is 12.1 Å². The maximum atomic E-state index is 14.6. The molecule has 2 amide bonds. The fourth-order valence-electron chi connectivity index (χ4n) is 3.60. The number of nitrogens with one attached hydrogen (secondary N) is 2. The SMILES string of the molecule is COC(=O)c1ccccc1NC(=O)N1CCc2[nH]cnc2C1c1cc(F)ccc1F. The zero-order chi connectivity index (χ0) is 21.3. The van der Waals surface area contributed by atoms with Gasteiger partial charge in [0, 0.05) is 24.2 Å². The van der Waals surface area contributed by atoms with Gasteiger partial charge >= 0.3 is 12.0 Å². The Labute approximate surface area is 170 Å². The van der Waals surface area contributed by atoms with Crippen molar-refractivity contribution in [1.82, 2.24) is 14.9 Å². The molecule has 1 unspecified atom stereocenters. The lowest BCUT2D eigenvalue weighted by Gasteiger charge is -2.35. The van der Waals surface area contributed by atoms with Crippen molar-refractivity contribution in [2.75, 3.05) is 19.0 Å². The van der Waals surface area contributed by atoms with Crippen LogP contribution in [0.25, 0.3) is 0 Å². The number of amides is 2. The standard InChI is InChI=1S/C21H18F2N4O3/c1-30-20(28)13-4-2-3-5-16(13)26-21(29)27-9-8-17-18(25-11-24-17)19(27)14-10-12(22)6-7-15(14)23/h2-7,10-11,19H,8-9H2,1H3,(H,24,25)(H,26,29). The zero-order valence-corrected chi connectivity index (χ0v) is 16.0. The van der Waals surface area contributed by atoms with Gasteiger partial charge in [0.25, 0.3) is 0 Å². The second-order valence-electron chi connectivity index (χ2n) is 6.75. The van der Waals surface area contributed by atoms with E-state index in [1.165, 1.54) is 24.4 Å². The van der Waals surface area contributed by atoms with Gasteiger partial charge in [-0.1, -0.05) is 12.1 Å². The Morgan fingerprint density at radius 3 is 2.83 bits per heavy atom. The molecule has 2 aromatic carbocycles. The van der Waals surface area contributed by atoms with Gasteiger partial charge in [0.05, 0.1) is 30.4 Å². The number of urea groups is 1. The molecule has 7 nitrogen and oxygen atoms in total. The highest BCUT2D eigenvalue weighted by atomic mass is 19.1. The molecular formula is C21H18F2N4O3. The van der Waals surface area contributed by atoms with E-state index >= 15 is 0 Å². The maximum absolute atomic E-state index is 14.6. The second kappa shape index (κ2) is 7.94. The predicted octanol–water partition coefficient (Wildman–Crippen LogP) is 3.65. The number of benzene rings is 2. The Kier molecular flexibility index (Phi) is 5.18. The molecule has 154 valence electrons. The lowest BCUT2D eigenvalue weighted by atomic mass is 9.95. The Balaban J connectivity index is 1.72. The van der Waals surface area contributed by atoms with Crippen LogP contribution in [0.15, 0.2) is 48.8 Å². The van der Waals surface area contributed by atoms with E-state index in [9.17, 15) is 18.4 Å². The number of esters is 1. The lowest BCUT2D eigenvalue weighted by Crippen LogP contribution is -2.43. The second-order valence-corrected chi connectivity index (χ2v) is 6.75. The van der Waals surface area contributed by atoms with Gasteiger partial charge in [0.1, 0.15) is 17.7 Å². The summed E-state index contributed by atoms with van der Waals surface area (Å²) in [6.45, 7) is 0.238. The van der Waals surface area contributed by atoms with Crippen LogP contribution in [-0.4, -0.2) is 40.5 Å². The average molecular weight is 412 g/mol. The van der Waals surface area contributed by atoms with Gasteiger partial charge in [-0.15, -0.1) is 0 Å². The highest BCUT2D eigenvalue weighted by molar-refractivity contribution is 6.01. The molecule has 0 bridgehead atoms. The number of ether oxygens (including phenoxy) is 1. The van der Waals surface area contributed by atoms with Crippen LogP contribution in [0, 0.1) is 11.6 Å². The number of hydrogen-bond acceptors (Lipinski definition) is 4. The van der Waals surface area contributed by atoms with Crippen molar-refractivity contribution in [3.8, 4) is 0 Å². The number of fused-ring (bicyclic) bond motifs is 1. The summed E-state index contributed by atoms with van der Waals surface area (Å²) in [5.74, 6) is -1.87. The van der Waals surface area contributed by atoms with Gasteiger partial charge in [0.2, 0.25) is 0 Å². The van der Waals surface area contributed by atoms with Crippen LogP contribution in [0.1, 0.15) is 33.4 Å². The van der Waals surface area contributed by atoms with E-state index in [0.717, 1.165) is 23.9 Å². The van der Waals surface area contributed by atoms with E-state index in [1.54, 1.807) is 18.2 Å². The first kappa shape index (κ1) is 19.6. The number of para-hydroxylation sites is 1. The Bertz CT molecular complexity index is 1120. The summed E-state index contributed by atoms with van der Waals surface area (Å²) in [6.07, 6.45) is 1.93. The van der Waals surface area contributed by atoms with Gasteiger partial charge in [-0.2, -0.15) is 0 Å². The number of H-pyrrole nitrogens is 1. The van der Waals surface area contributed by atoms with E-state index in [-0.39, 0.29) is 23.4 Å². The minimum atomic E-state index is -0.930. The number of nitrogens with zero attached hydrogens (tertiary/aromatic N) is 2. The summed E-state index contributed by atoms with van der Waals surface area (Å²) in [6, 6.07) is 7.98. The zero-order valence-electron chi connectivity index (χ0n) is 16.0. The first-order valence-corrected chi connectivity index (χ1v) is 9.21. The number of hydrogen-bond donors (Lipinski definition) is 2. The molecule has 0 radical (unpaired) electrons. The number of carbonyl (C=O) groups excluding carboxylic acids is 2. The van der Waals surface area contributed by atoms with E-state index in [4.69, 9.17) is 4.74 Å². The van der Waals surface area contributed by atoms with Crippen LogP contribution >= 0.6 is 0 Å². The Hall–Kier alpha value is -3.75. The molecule has 30 heavy (non-hydrogen) atoms. The third-order valence-electron chi connectivity index (χ3n) is 5.01. The van der Waals surface area contributed by atoms with E-state index in [2.05, 4.69) is 15.3 Å². The maximum Gasteiger partial charge on any atom is 0.339 e. The number of halogens is 2. The van der Waals surface area contributed by atoms with Crippen LogP contribution in [0.5, 0.6) is 0 Å². The van der Waals surface area contributed by atoms with Crippen LogP contribution in [0.3, 0.4) is 0 Å². The molecule has 0 fully saturated rings. The third kappa shape index (κ3) is 3.49. The van der Waals surface area contributed by atoms with Gasteiger partial charge in [-0.3, -0.25) is 0 Å². The monoisotopic (exact) mass is 412 g/mol. The van der Waals surface area contributed by atoms with E-state index in [1.807, 2.05) is 0 Å². The van der Waals surface area contributed by atoms with Crippen molar-refractivity contribution in [2.24, 2.45) is 0 Å². The predicted molar refractivity (Wildman–Crippen MR) is 104 cm³/mol. The summed E-state index contributed by atoms with van der Waals surface area (Å²) in [5.41, 5.74) is 1.63. The highest BCUT2D eigenvalue weighted by Crippen LogP contribution is 2.35. The third-order valence-corrected chi connectivity index (χ3v) is 5.01. The van der Waals surface area contributed by atoms with E-state index < -0.39 is 29.7 Å². The van der Waals surface area contributed by atoms with Crippen LogP contribution in [0.4, 0.5) is 19.3 Å². The highest BCUT2D eigenvalue weighted by Gasteiger charge is 2.36. The number of aromatic nitrogens is 2. The molecule has 2 N–H and O–H groups in total. The van der Waals surface area contributed by atoms with Gasteiger partial charge in [-0.05, 0) is 30.3 Å². The lowest BCUT2D eigenvalue weighted by molar-refractivity contribution is 0.0602. The van der Waals surface area contributed by atoms with Crippen molar-refractivity contribution in [2.45, 2.75) is 12.5 Å². The number of rotatable bonds is 3. The van der Waals surface area contributed by atoms with Gasteiger partial charge in [0.15, 0.2) is 0 Å². The molecule has 1 atom stereocenters. The Morgan fingerprint density at radius 2 is 2.03 bits per heavy atom. The summed E-state index contributed by atoms with van der Waals surface area (Å²) < 4.78 is 33.3. The van der Waals surface area contributed by atoms with Crippen molar-refractivity contribution < 1.29 is 23.1 Å². The van der Waals surface area contributed by atoms with Crippen molar-refractivity contribution >= 4 is 17.7 Å². The molecule has 0 saturated heterocycles. The number of anilines is 1. The van der Waals surface area contributed by atoms with Crippen molar-refractivity contribution in [3.05, 3.63) is 82.9 Å². The summed E-state index contributed by atoms with van der Waals surface area (Å²) in [7, 11) is 1.24. The average Bonchev–Trinajstić information content (AvgIpc) is 3.23. The number of imidazole rings is 1. The summed E-state index contributed by atoms with van der Waals surface area (Å²) >= 11 is 0. The molecule has 1 aromatic heterocycles. The molecule has 0 spiro atoms. The molecule has 3 aromatic rings. The summed E-state index contributed by atoms with van der Waals surface area (Å²) in [5, 5.41) is 2.68. The van der Waals surface area contributed by atoms with Crippen LogP contribution < -0.4 is 5.32 Å². The van der Waals surface area contributed by atoms with Crippen molar-refractivity contribution in [1.29, 1.82) is 0 Å². The van der Waals surface area contributed by atoms with Crippen molar-refractivity contribution in [3.63, 3.8) is 0 Å². The first-order valence-electron chi connectivity index (χ1n) is 9.21. The fraction of sp³-hybridized carbons (Fsp3) is 0.190. The Morgan fingerprint density at radius 1 is 1.23 bits per heavy atom. The van der Waals surface area contributed by atoms with Crippen LogP contribution in [0.2, 0.25) is 0 Å². The number of carbonyl (C=O) groups is 2. The molecular weight excluding hydrogens is 394 g/mol. The fourth-order valence-corrected chi connectivity index (χ4v) is 3.60. The molecule has 0 aliphatic carbocycles. The minimum Gasteiger partial charge on any atom is -0.465 e. The molecule has 1 aliphatic rings. The summed E-state index contributed by atoms with van der Waals surface area (Å²) in [4.78, 5) is 33.7. The quantitative estimate of drug-likeness (QED) is 0.643. The first-order chi connectivity index (χ1) is 14.5. The molecule has 4 rings (SSSR count). The molecule has 1 aliphatic heterocycles. The minimum absolute atomic E-state index is 0.000506. The molecule has 9 heteroatoms. The number of methoxy groups -OCH3 is 1. The topological polar surface area (TPSA) is 87.3 Å². The van der Waals surface area contributed by atoms with Crippen LogP contribution in [-0.2, 0) is 11.2 Å². The van der Waals surface area contributed by atoms with Gasteiger partial charge < -0.3 is 19.9 Å². The largest absolute Gasteiger partial charge is 0.465 e. The molecule has 0 saturated carbocycles. The molecule has 2 heterocycles. The smallest absolute Gasteiger partial charge is 0.339 e. The van der Waals surface area contributed by atoms with Gasteiger partial charge in [-0.25, -0.2) is 23.4 Å². The number of aromatic amines is 1. The normalized spacial score (nSPS) is 15.4.